The van der Waals surface area contributed by atoms with E-state index in [1.54, 1.807) is 10.9 Å². The number of fused-ring (bicyclic) bond motifs is 1. The molecule has 6 heteroatoms. The van der Waals surface area contributed by atoms with Crippen molar-refractivity contribution in [3.8, 4) is 5.82 Å². The molecule has 1 saturated carbocycles. The quantitative estimate of drug-likeness (QED) is 0.766. The highest BCUT2D eigenvalue weighted by atomic mass is 16.1. The number of nitrogens with one attached hydrogen (secondary N) is 1. The number of hydrogen-bond donors (Lipinski definition) is 1. The van der Waals surface area contributed by atoms with Gasteiger partial charge in [-0.05, 0) is 43.9 Å². The summed E-state index contributed by atoms with van der Waals surface area (Å²) >= 11 is 0. The number of aromatic nitrogens is 4. The summed E-state index contributed by atoms with van der Waals surface area (Å²) in [4.78, 5) is 22.1. The van der Waals surface area contributed by atoms with Gasteiger partial charge in [0.15, 0.2) is 11.5 Å². The van der Waals surface area contributed by atoms with E-state index >= 15 is 0 Å². The SMILES string of the molecule is Cc1nn(-c2ccccn2)c2nc(C3CC3)cc(C(=O)NCC(C)C)c12. The third-order valence-corrected chi connectivity index (χ3v) is 4.61. The van der Waals surface area contributed by atoms with Gasteiger partial charge in [-0.1, -0.05) is 19.9 Å². The van der Waals surface area contributed by atoms with Crippen molar-refractivity contribution in [1.82, 2.24) is 25.1 Å². The number of pyridine rings is 2. The highest BCUT2D eigenvalue weighted by Gasteiger charge is 2.29. The third-order valence-electron chi connectivity index (χ3n) is 4.61. The number of nitrogens with zero attached hydrogens (tertiary/aromatic N) is 4. The zero-order valence-corrected chi connectivity index (χ0v) is 15.4. The molecule has 0 atom stereocenters. The topological polar surface area (TPSA) is 72.7 Å². The minimum atomic E-state index is -0.0586. The molecule has 26 heavy (non-hydrogen) atoms. The van der Waals surface area contributed by atoms with Crippen LogP contribution in [0.25, 0.3) is 16.9 Å². The Morgan fingerprint density at radius 1 is 1.35 bits per heavy atom. The Morgan fingerprint density at radius 3 is 2.81 bits per heavy atom. The fourth-order valence-corrected chi connectivity index (χ4v) is 3.11. The molecule has 0 saturated heterocycles. The van der Waals surface area contributed by atoms with E-state index in [9.17, 15) is 4.79 Å². The van der Waals surface area contributed by atoms with E-state index in [4.69, 9.17) is 4.98 Å². The number of rotatable bonds is 5. The molecule has 1 N–H and O–H groups in total. The van der Waals surface area contributed by atoms with E-state index in [0.29, 0.717) is 35.4 Å². The summed E-state index contributed by atoms with van der Waals surface area (Å²) in [6, 6.07) is 7.64. The molecule has 1 aliphatic carbocycles. The molecule has 3 heterocycles. The van der Waals surface area contributed by atoms with Gasteiger partial charge in [-0.3, -0.25) is 4.79 Å². The van der Waals surface area contributed by atoms with E-state index in [1.165, 1.54) is 0 Å². The Bertz CT molecular complexity index is 957. The number of aryl methyl sites for hydroxylation is 1. The van der Waals surface area contributed by atoms with Crippen LogP contribution >= 0.6 is 0 Å². The van der Waals surface area contributed by atoms with Crippen LogP contribution in [0.4, 0.5) is 0 Å². The second-order valence-corrected chi connectivity index (χ2v) is 7.36. The molecular weight excluding hydrogens is 326 g/mol. The van der Waals surface area contributed by atoms with Gasteiger partial charge in [-0.2, -0.15) is 9.78 Å². The molecule has 0 bridgehead atoms. The second kappa shape index (κ2) is 6.52. The van der Waals surface area contributed by atoms with Gasteiger partial charge in [0.2, 0.25) is 0 Å². The lowest BCUT2D eigenvalue weighted by Crippen LogP contribution is -2.27. The van der Waals surface area contributed by atoms with Crippen molar-refractivity contribution < 1.29 is 4.79 Å². The first-order chi connectivity index (χ1) is 12.5. The summed E-state index contributed by atoms with van der Waals surface area (Å²) < 4.78 is 1.75. The molecule has 134 valence electrons. The maximum absolute atomic E-state index is 12.9. The minimum Gasteiger partial charge on any atom is -0.352 e. The summed E-state index contributed by atoms with van der Waals surface area (Å²) in [6.45, 7) is 6.74. The highest BCUT2D eigenvalue weighted by Crippen LogP contribution is 2.40. The van der Waals surface area contributed by atoms with Crippen LogP contribution in [0.5, 0.6) is 0 Å². The van der Waals surface area contributed by atoms with Gasteiger partial charge in [-0.25, -0.2) is 9.97 Å². The van der Waals surface area contributed by atoms with Gasteiger partial charge in [-0.15, -0.1) is 0 Å². The van der Waals surface area contributed by atoms with Gasteiger partial charge in [0.1, 0.15) is 0 Å². The average Bonchev–Trinajstić information content (AvgIpc) is 3.44. The molecule has 0 radical (unpaired) electrons. The fourth-order valence-electron chi connectivity index (χ4n) is 3.11. The molecule has 0 spiro atoms. The van der Waals surface area contributed by atoms with Crippen LogP contribution in [0.2, 0.25) is 0 Å². The van der Waals surface area contributed by atoms with Gasteiger partial charge in [0.05, 0.1) is 16.6 Å². The van der Waals surface area contributed by atoms with Crippen LogP contribution in [0.1, 0.15) is 54.4 Å². The first-order valence-electron chi connectivity index (χ1n) is 9.14. The summed E-state index contributed by atoms with van der Waals surface area (Å²) in [5.74, 6) is 1.50. The zero-order chi connectivity index (χ0) is 18.3. The van der Waals surface area contributed by atoms with Crippen LogP contribution in [0, 0.1) is 12.8 Å². The molecule has 1 amide bonds. The number of amides is 1. The molecule has 4 rings (SSSR count). The molecule has 0 aliphatic heterocycles. The van der Waals surface area contributed by atoms with Gasteiger partial charge in [0, 0.05) is 24.4 Å². The van der Waals surface area contributed by atoms with E-state index in [0.717, 1.165) is 29.6 Å². The smallest absolute Gasteiger partial charge is 0.252 e. The van der Waals surface area contributed by atoms with Crippen molar-refractivity contribution in [2.24, 2.45) is 5.92 Å². The molecule has 3 aromatic heterocycles. The molecule has 1 aliphatic rings. The monoisotopic (exact) mass is 349 g/mol. The first kappa shape index (κ1) is 16.7. The summed E-state index contributed by atoms with van der Waals surface area (Å²) in [5, 5.41) is 8.47. The van der Waals surface area contributed by atoms with Crippen LogP contribution < -0.4 is 5.32 Å². The van der Waals surface area contributed by atoms with E-state index in [2.05, 4.69) is 29.2 Å². The Labute approximate surface area is 152 Å². The van der Waals surface area contributed by atoms with Gasteiger partial charge in [0.25, 0.3) is 5.91 Å². The van der Waals surface area contributed by atoms with Crippen molar-refractivity contribution in [2.75, 3.05) is 6.54 Å². The van der Waals surface area contributed by atoms with Crippen molar-refractivity contribution in [2.45, 2.75) is 39.5 Å². The molecule has 0 aromatic carbocycles. The molecular formula is C20H23N5O. The maximum atomic E-state index is 12.9. The number of carbonyl (C=O) groups excluding carboxylic acids is 1. The normalized spacial score (nSPS) is 14.2. The zero-order valence-electron chi connectivity index (χ0n) is 15.4. The Morgan fingerprint density at radius 2 is 2.15 bits per heavy atom. The summed E-state index contributed by atoms with van der Waals surface area (Å²) in [6.07, 6.45) is 3.99. The lowest BCUT2D eigenvalue weighted by atomic mass is 10.1. The summed E-state index contributed by atoms with van der Waals surface area (Å²) in [7, 11) is 0. The average molecular weight is 349 g/mol. The molecule has 3 aromatic rings. The predicted octanol–water partition coefficient (Wildman–Crippen LogP) is 3.39. The van der Waals surface area contributed by atoms with Crippen molar-refractivity contribution in [3.63, 3.8) is 0 Å². The Hall–Kier alpha value is -2.76. The fraction of sp³-hybridized carbons (Fsp3) is 0.400. The number of carbonyl (C=O) groups is 1. The second-order valence-electron chi connectivity index (χ2n) is 7.36. The lowest BCUT2D eigenvalue weighted by Gasteiger charge is -2.10. The molecule has 6 nitrogen and oxygen atoms in total. The van der Waals surface area contributed by atoms with Gasteiger partial charge < -0.3 is 5.32 Å². The Balaban J connectivity index is 1.88. The van der Waals surface area contributed by atoms with Crippen molar-refractivity contribution >= 4 is 16.9 Å². The number of hydrogen-bond acceptors (Lipinski definition) is 4. The highest BCUT2D eigenvalue weighted by molar-refractivity contribution is 6.06. The first-order valence-corrected chi connectivity index (χ1v) is 9.14. The third kappa shape index (κ3) is 3.07. The van der Waals surface area contributed by atoms with Crippen LogP contribution in [-0.4, -0.2) is 32.2 Å². The largest absolute Gasteiger partial charge is 0.352 e. The van der Waals surface area contributed by atoms with Crippen LogP contribution in [-0.2, 0) is 0 Å². The van der Waals surface area contributed by atoms with Crippen LogP contribution in [0.3, 0.4) is 0 Å². The summed E-state index contributed by atoms with van der Waals surface area (Å²) in [5.41, 5.74) is 3.14. The lowest BCUT2D eigenvalue weighted by molar-refractivity contribution is 0.0950. The Kier molecular flexibility index (Phi) is 4.18. The standard InChI is InChI=1S/C20H23N5O/c1-12(2)11-22-20(26)15-10-16(14-7-8-14)23-19-18(15)13(3)24-25(19)17-6-4-5-9-21-17/h4-6,9-10,12,14H,7-8,11H2,1-3H3,(H,22,26). The molecule has 1 fully saturated rings. The minimum absolute atomic E-state index is 0.0586. The van der Waals surface area contributed by atoms with Gasteiger partial charge >= 0.3 is 0 Å². The van der Waals surface area contributed by atoms with Crippen molar-refractivity contribution in [1.29, 1.82) is 0 Å². The molecule has 0 unspecified atom stereocenters. The van der Waals surface area contributed by atoms with E-state index < -0.39 is 0 Å². The van der Waals surface area contributed by atoms with Crippen LogP contribution in [0.15, 0.2) is 30.5 Å². The van der Waals surface area contributed by atoms with E-state index in [-0.39, 0.29) is 5.91 Å². The van der Waals surface area contributed by atoms with E-state index in [1.807, 2.05) is 31.2 Å². The maximum Gasteiger partial charge on any atom is 0.252 e. The van der Waals surface area contributed by atoms with Crippen molar-refractivity contribution in [3.05, 3.63) is 47.4 Å². The predicted molar refractivity (Wildman–Crippen MR) is 101 cm³/mol.